The van der Waals surface area contributed by atoms with E-state index in [4.69, 9.17) is 0 Å². The highest BCUT2D eigenvalue weighted by Gasteiger charge is 2.04. The highest BCUT2D eigenvalue weighted by molar-refractivity contribution is 5.89. The van der Waals surface area contributed by atoms with Gasteiger partial charge < -0.3 is 0 Å². The molecule has 1 aromatic carbocycles. The fourth-order valence-electron chi connectivity index (χ4n) is 1.39. The second-order valence-corrected chi connectivity index (χ2v) is 3.22. The summed E-state index contributed by atoms with van der Waals surface area (Å²) < 4.78 is 0. The minimum absolute atomic E-state index is 0.661. The van der Waals surface area contributed by atoms with Crippen molar-refractivity contribution in [2.45, 2.75) is 13.3 Å². The number of hydrogen-bond donors (Lipinski definition) is 0. The minimum Gasteiger partial charge on any atom is -0.163 e. The molecule has 13 heavy (non-hydrogen) atoms. The molecule has 0 atom stereocenters. The Balaban J connectivity index is 2.10. The van der Waals surface area contributed by atoms with Crippen molar-refractivity contribution in [3.8, 4) is 0 Å². The zero-order valence-electron chi connectivity index (χ0n) is 7.57. The van der Waals surface area contributed by atoms with Crippen molar-refractivity contribution in [2.24, 2.45) is 15.4 Å². The third-order valence-corrected chi connectivity index (χ3v) is 1.99. The van der Waals surface area contributed by atoms with Crippen LogP contribution in [-0.2, 0) is 6.42 Å². The molecule has 2 rings (SSSR count). The Morgan fingerprint density at radius 3 is 3.00 bits per heavy atom. The van der Waals surface area contributed by atoms with E-state index in [0.29, 0.717) is 6.54 Å². The molecule has 0 spiro atoms. The van der Waals surface area contributed by atoms with Gasteiger partial charge in [0, 0.05) is 6.42 Å². The quantitative estimate of drug-likeness (QED) is 0.658. The van der Waals surface area contributed by atoms with Crippen molar-refractivity contribution < 1.29 is 0 Å². The minimum atomic E-state index is 0.661. The van der Waals surface area contributed by atoms with E-state index in [2.05, 4.69) is 46.6 Å². The molecule has 3 nitrogen and oxygen atoms in total. The highest BCUT2D eigenvalue weighted by Crippen LogP contribution is 2.07. The zero-order valence-corrected chi connectivity index (χ0v) is 7.57. The van der Waals surface area contributed by atoms with Crippen molar-refractivity contribution in [3.63, 3.8) is 0 Å². The van der Waals surface area contributed by atoms with E-state index < -0.39 is 0 Å². The van der Waals surface area contributed by atoms with E-state index in [1.807, 2.05) is 0 Å². The van der Waals surface area contributed by atoms with Crippen molar-refractivity contribution in [1.82, 2.24) is 0 Å². The molecule has 0 aliphatic carbocycles. The van der Waals surface area contributed by atoms with Gasteiger partial charge in [0.2, 0.25) is 0 Å². The standard InChI is InChI=1S/C10H11N3/c1-8-3-2-4-9(5-8)6-10-7-11-13-12-10/h2-5H,6-7H2,1H3. The molecule has 1 heterocycles. The Labute approximate surface area is 77.2 Å². The Hall–Kier alpha value is -1.51. The van der Waals surface area contributed by atoms with Crippen molar-refractivity contribution >= 4 is 5.71 Å². The van der Waals surface area contributed by atoms with Crippen LogP contribution in [0, 0.1) is 6.92 Å². The van der Waals surface area contributed by atoms with Gasteiger partial charge in [0.1, 0.15) is 6.54 Å². The van der Waals surface area contributed by atoms with Gasteiger partial charge in [-0.2, -0.15) is 5.11 Å². The number of aryl methyl sites for hydroxylation is 1. The van der Waals surface area contributed by atoms with Gasteiger partial charge in [-0.05, 0) is 17.7 Å². The lowest BCUT2D eigenvalue weighted by Crippen LogP contribution is -2.03. The number of rotatable bonds is 2. The Morgan fingerprint density at radius 2 is 2.31 bits per heavy atom. The molecule has 1 aliphatic rings. The molecular formula is C10H11N3. The molecule has 0 aromatic heterocycles. The van der Waals surface area contributed by atoms with Crippen LogP contribution in [0.25, 0.3) is 0 Å². The first-order chi connectivity index (χ1) is 6.34. The predicted molar refractivity (Wildman–Crippen MR) is 52.0 cm³/mol. The fourth-order valence-corrected chi connectivity index (χ4v) is 1.39. The topological polar surface area (TPSA) is 37.1 Å². The summed E-state index contributed by atoms with van der Waals surface area (Å²) in [5.41, 5.74) is 3.61. The van der Waals surface area contributed by atoms with Crippen LogP contribution in [0.15, 0.2) is 39.7 Å². The lowest BCUT2D eigenvalue weighted by atomic mass is 10.1. The Morgan fingerprint density at radius 1 is 1.38 bits per heavy atom. The predicted octanol–water partition coefficient (Wildman–Crippen LogP) is 2.36. The summed E-state index contributed by atoms with van der Waals surface area (Å²) in [6.07, 6.45) is 0.870. The Kier molecular flexibility index (Phi) is 2.17. The van der Waals surface area contributed by atoms with Crippen LogP contribution < -0.4 is 0 Å². The van der Waals surface area contributed by atoms with Crippen LogP contribution >= 0.6 is 0 Å². The third kappa shape index (κ3) is 1.99. The van der Waals surface area contributed by atoms with E-state index >= 15 is 0 Å². The molecule has 0 bridgehead atoms. The SMILES string of the molecule is Cc1cccc(CC2=NN=NC2)c1. The molecule has 0 fully saturated rings. The van der Waals surface area contributed by atoms with Crippen molar-refractivity contribution in [1.29, 1.82) is 0 Å². The number of hydrogen-bond acceptors (Lipinski definition) is 3. The van der Waals surface area contributed by atoms with Gasteiger partial charge in [-0.3, -0.25) is 0 Å². The summed E-state index contributed by atoms with van der Waals surface area (Å²) in [5.74, 6) is 0. The van der Waals surface area contributed by atoms with Gasteiger partial charge in [-0.25, -0.2) is 0 Å². The molecule has 0 radical (unpaired) electrons. The third-order valence-electron chi connectivity index (χ3n) is 1.99. The molecule has 0 saturated carbocycles. The first-order valence-corrected chi connectivity index (χ1v) is 4.32. The normalized spacial score (nSPS) is 14.7. The van der Waals surface area contributed by atoms with E-state index in [1.54, 1.807) is 0 Å². The van der Waals surface area contributed by atoms with E-state index in [-0.39, 0.29) is 0 Å². The van der Waals surface area contributed by atoms with Crippen LogP contribution in [0.2, 0.25) is 0 Å². The van der Waals surface area contributed by atoms with Gasteiger partial charge in [0.25, 0.3) is 0 Å². The molecule has 0 amide bonds. The van der Waals surface area contributed by atoms with Crippen LogP contribution in [0.4, 0.5) is 0 Å². The highest BCUT2D eigenvalue weighted by atomic mass is 15.4. The molecule has 1 aliphatic heterocycles. The van der Waals surface area contributed by atoms with Gasteiger partial charge in [-0.15, -0.1) is 5.10 Å². The van der Waals surface area contributed by atoms with Crippen LogP contribution in [-0.4, -0.2) is 12.3 Å². The monoisotopic (exact) mass is 173 g/mol. The Bertz CT molecular complexity index is 366. The van der Waals surface area contributed by atoms with Crippen molar-refractivity contribution in [2.75, 3.05) is 6.54 Å². The molecule has 0 unspecified atom stereocenters. The van der Waals surface area contributed by atoms with Gasteiger partial charge in [0.05, 0.1) is 5.71 Å². The smallest absolute Gasteiger partial charge is 0.103 e. The molecule has 1 aromatic rings. The molecule has 3 heteroatoms. The molecule has 0 saturated heterocycles. The summed E-state index contributed by atoms with van der Waals surface area (Å²) in [7, 11) is 0. The maximum atomic E-state index is 3.94. The molecule has 0 N–H and O–H groups in total. The average Bonchev–Trinajstić information content (AvgIpc) is 2.57. The summed E-state index contributed by atoms with van der Waals surface area (Å²) >= 11 is 0. The second-order valence-electron chi connectivity index (χ2n) is 3.22. The fraction of sp³-hybridized carbons (Fsp3) is 0.300. The summed E-state index contributed by atoms with van der Waals surface area (Å²) in [5, 5.41) is 11.3. The summed E-state index contributed by atoms with van der Waals surface area (Å²) in [6, 6.07) is 8.43. The first kappa shape index (κ1) is 8.10. The molecule has 66 valence electrons. The van der Waals surface area contributed by atoms with Gasteiger partial charge >= 0.3 is 0 Å². The average molecular weight is 173 g/mol. The van der Waals surface area contributed by atoms with Crippen LogP contribution in [0.1, 0.15) is 11.1 Å². The van der Waals surface area contributed by atoms with Crippen LogP contribution in [0.5, 0.6) is 0 Å². The molecular weight excluding hydrogens is 162 g/mol. The lowest BCUT2D eigenvalue weighted by Gasteiger charge is -2.00. The van der Waals surface area contributed by atoms with Gasteiger partial charge in [0.15, 0.2) is 0 Å². The lowest BCUT2D eigenvalue weighted by molar-refractivity contribution is 1.06. The summed E-state index contributed by atoms with van der Waals surface area (Å²) in [6.45, 7) is 2.75. The first-order valence-electron chi connectivity index (χ1n) is 4.32. The maximum Gasteiger partial charge on any atom is 0.103 e. The largest absolute Gasteiger partial charge is 0.163 e. The van der Waals surface area contributed by atoms with E-state index in [1.165, 1.54) is 11.1 Å². The van der Waals surface area contributed by atoms with Crippen LogP contribution in [0.3, 0.4) is 0 Å². The maximum absolute atomic E-state index is 3.94. The second kappa shape index (κ2) is 3.47. The summed E-state index contributed by atoms with van der Waals surface area (Å²) in [4.78, 5) is 0. The number of benzene rings is 1. The van der Waals surface area contributed by atoms with E-state index in [0.717, 1.165) is 12.1 Å². The van der Waals surface area contributed by atoms with Gasteiger partial charge in [-0.1, -0.05) is 29.8 Å². The number of nitrogens with zero attached hydrogens (tertiary/aromatic N) is 3. The zero-order chi connectivity index (χ0) is 9.10. The van der Waals surface area contributed by atoms with E-state index in [9.17, 15) is 0 Å². The van der Waals surface area contributed by atoms with Crippen molar-refractivity contribution in [3.05, 3.63) is 35.4 Å².